The van der Waals surface area contributed by atoms with Crippen LogP contribution in [-0.4, -0.2) is 11.5 Å². The van der Waals surface area contributed by atoms with E-state index in [0.29, 0.717) is 0 Å². The van der Waals surface area contributed by atoms with Gasteiger partial charge in [-0.25, -0.2) is 0 Å². The summed E-state index contributed by atoms with van der Waals surface area (Å²) in [6, 6.07) is 7.10. The van der Waals surface area contributed by atoms with Crippen LogP contribution in [0.15, 0.2) is 24.3 Å². The molecule has 2 rings (SSSR count). The molecule has 0 radical (unpaired) electrons. The van der Waals surface area contributed by atoms with E-state index < -0.39 is 0 Å². The summed E-state index contributed by atoms with van der Waals surface area (Å²) in [5.41, 5.74) is 1.20. The quantitative estimate of drug-likeness (QED) is 0.656. The van der Waals surface area contributed by atoms with Gasteiger partial charge in [0, 0.05) is 17.7 Å². The van der Waals surface area contributed by atoms with Gasteiger partial charge in [0.15, 0.2) is 0 Å². The maximum absolute atomic E-state index is 10.9. The lowest BCUT2D eigenvalue weighted by atomic mass is 9.76. The highest BCUT2D eigenvalue weighted by Crippen LogP contribution is 2.38. The second kappa shape index (κ2) is 5.48. The third-order valence-electron chi connectivity index (χ3n) is 3.83. The van der Waals surface area contributed by atoms with Gasteiger partial charge in [-0.3, -0.25) is 10.1 Å². The fourth-order valence-corrected chi connectivity index (χ4v) is 2.98. The van der Waals surface area contributed by atoms with Crippen molar-refractivity contribution in [3.05, 3.63) is 39.9 Å². The van der Waals surface area contributed by atoms with E-state index in [4.69, 9.17) is 0 Å². The molecule has 1 aromatic rings. The number of nitro benzene ring substituents is 1. The van der Waals surface area contributed by atoms with E-state index in [0.717, 1.165) is 24.9 Å². The van der Waals surface area contributed by atoms with E-state index in [1.807, 2.05) is 6.07 Å². The molecule has 0 heterocycles. The van der Waals surface area contributed by atoms with Crippen molar-refractivity contribution in [1.29, 1.82) is 0 Å². The lowest BCUT2D eigenvalue weighted by Crippen LogP contribution is -2.43. The number of non-ortho nitro benzene ring substituents is 1. The van der Waals surface area contributed by atoms with Crippen LogP contribution >= 0.6 is 0 Å². The number of benzene rings is 1. The van der Waals surface area contributed by atoms with Crippen molar-refractivity contribution >= 4 is 5.69 Å². The van der Waals surface area contributed by atoms with Gasteiger partial charge in [0.2, 0.25) is 0 Å². The molecular formula is C14H20N2O2. The minimum absolute atomic E-state index is 0.0565. The second-order valence-corrected chi connectivity index (χ2v) is 4.98. The van der Waals surface area contributed by atoms with Gasteiger partial charge in [0.05, 0.1) is 4.92 Å². The Morgan fingerprint density at radius 3 is 2.67 bits per heavy atom. The van der Waals surface area contributed by atoms with Gasteiger partial charge in [0.25, 0.3) is 5.69 Å². The van der Waals surface area contributed by atoms with E-state index >= 15 is 0 Å². The summed E-state index contributed by atoms with van der Waals surface area (Å²) < 4.78 is 0. The van der Waals surface area contributed by atoms with E-state index in [9.17, 15) is 10.1 Å². The van der Waals surface area contributed by atoms with Crippen LogP contribution in [0.1, 0.15) is 44.6 Å². The SMILES string of the molecule is CCNC1(c2cccc([N+](=O)[O-])c2)CCCCC1. The highest BCUT2D eigenvalue weighted by atomic mass is 16.6. The van der Waals surface area contributed by atoms with Gasteiger partial charge in [0.1, 0.15) is 0 Å². The Morgan fingerprint density at radius 1 is 1.33 bits per heavy atom. The van der Waals surface area contributed by atoms with E-state index in [2.05, 4.69) is 12.2 Å². The fraction of sp³-hybridized carbons (Fsp3) is 0.571. The highest BCUT2D eigenvalue weighted by molar-refractivity contribution is 5.38. The average molecular weight is 248 g/mol. The van der Waals surface area contributed by atoms with Crippen molar-refractivity contribution < 1.29 is 4.92 Å². The largest absolute Gasteiger partial charge is 0.308 e. The Morgan fingerprint density at radius 2 is 2.06 bits per heavy atom. The summed E-state index contributed by atoms with van der Waals surface area (Å²) in [6.45, 7) is 2.98. The van der Waals surface area contributed by atoms with E-state index in [1.54, 1.807) is 18.2 Å². The van der Waals surface area contributed by atoms with Crippen molar-refractivity contribution in [2.75, 3.05) is 6.54 Å². The first-order chi connectivity index (χ1) is 8.68. The number of hydrogen-bond donors (Lipinski definition) is 1. The smallest absolute Gasteiger partial charge is 0.269 e. The molecule has 1 fully saturated rings. The molecule has 0 unspecified atom stereocenters. The van der Waals surface area contributed by atoms with Crippen LogP contribution in [0.2, 0.25) is 0 Å². The average Bonchev–Trinajstić information content (AvgIpc) is 2.40. The predicted octanol–water partition coefficient (Wildman–Crippen LogP) is 3.36. The maximum atomic E-state index is 10.9. The Kier molecular flexibility index (Phi) is 3.97. The summed E-state index contributed by atoms with van der Waals surface area (Å²) in [4.78, 5) is 10.6. The van der Waals surface area contributed by atoms with Crippen LogP contribution in [0.4, 0.5) is 5.69 Å². The standard InChI is InChI=1S/C14H20N2O2/c1-2-15-14(9-4-3-5-10-14)12-7-6-8-13(11-12)16(17)18/h6-8,11,15H,2-5,9-10H2,1H3. The number of rotatable bonds is 4. The van der Waals surface area contributed by atoms with Gasteiger partial charge in [-0.2, -0.15) is 0 Å². The molecule has 0 aliphatic heterocycles. The molecule has 0 atom stereocenters. The molecule has 4 heteroatoms. The lowest BCUT2D eigenvalue weighted by molar-refractivity contribution is -0.385. The summed E-state index contributed by atoms with van der Waals surface area (Å²) in [7, 11) is 0. The van der Waals surface area contributed by atoms with Crippen LogP contribution in [-0.2, 0) is 5.54 Å². The number of nitrogens with zero attached hydrogens (tertiary/aromatic N) is 1. The first kappa shape index (κ1) is 13.0. The molecule has 18 heavy (non-hydrogen) atoms. The molecule has 98 valence electrons. The fourth-order valence-electron chi connectivity index (χ4n) is 2.98. The topological polar surface area (TPSA) is 55.2 Å². The van der Waals surface area contributed by atoms with Gasteiger partial charge in [-0.1, -0.05) is 38.3 Å². The summed E-state index contributed by atoms with van der Waals surface area (Å²) in [6.07, 6.45) is 5.79. The van der Waals surface area contributed by atoms with Gasteiger partial charge >= 0.3 is 0 Å². The lowest BCUT2D eigenvalue weighted by Gasteiger charge is -2.38. The number of nitro groups is 1. The molecule has 1 aromatic carbocycles. The second-order valence-electron chi connectivity index (χ2n) is 4.98. The van der Waals surface area contributed by atoms with Crippen molar-refractivity contribution in [2.45, 2.75) is 44.6 Å². The van der Waals surface area contributed by atoms with Crippen LogP contribution < -0.4 is 5.32 Å². The third-order valence-corrected chi connectivity index (χ3v) is 3.83. The maximum Gasteiger partial charge on any atom is 0.269 e. The zero-order chi connectivity index (χ0) is 13.0. The van der Waals surface area contributed by atoms with Crippen molar-refractivity contribution in [2.24, 2.45) is 0 Å². The molecule has 0 spiro atoms. The van der Waals surface area contributed by atoms with Crippen LogP contribution in [0.25, 0.3) is 0 Å². The molecule has 4 nitrogen and oxygen atoms in total. The minimum Gasteiger partial charge on any atom is -0.308 e. The molecule has 1 saturated carbocycles. The van der Waals surface area contributed by atoms with Gasteiger partial charge in [-0.05, 0) is 24.9 Å². The zero-order valence-electron chi connectivity index (χ0n) is 10.8. The molecule has 0 saturated heterocycles. The van der Waals surface area contributed by atoms with Crippen LogP contribution in [0, 0.1) is 10.1 Å². The van der Waals surface area contributed by atoms with Crippen molar-refractivity contribution in [3.8, 4) is 0 Å². The molecule has 0 aromatic heterocycles. The van der Waals surface area contributed by atoms with Gasteiger partial charge < -0.3 is 5.32 Å². The molecular weight excluding hydrogens is 228 g/mol. The van der Waals surface area contributed by atoms with E-state index in [-0.39, 0.29) is 16.1 Å². The first-order valence-corrected chi connectivity index (χ1v) is 6.68. The van der Waals surface area contributed by atoms with Crippen LogP contribution in [0.5, 0.6) is 0 Å². The Balaban J connectivity index is 2.35. The van der Waals surface area contributed by atoms with Gasteiger partial charge in [-0.15, -0.1) is 0 Å². The summed E-state index contributed by atoms with van der Waals surface area (Å²) in [5, 5.41) is 14.4. The third kappa shape index (κ3) is 2.53. The Bertz CT molecular complexity index is 420. The molecule has 0 bridgehead atoms. The number of hydrogen-bond acceptors (Lipinski definition) is 3. The number of nitrogens with one attached hydrogen (secondary N) is 1. The molecule has 1 N–H and O–H groups in total. The molecule has 0 amide bonds. The minimum atomic E-state index is -0.314. The summed E-state index contributed by atoms with van der Waals surface area (Å²) >= 11 is 0. The van der Waals surface area contributed by atoms with Crippen molar-refractivity contribution in [1.82, 2.24) is 5.32 Å². The predicted molar refractivity (Wildman–Crippen MR) is 71.5 cm³/mol. The summed E-state index contributed by atoms with van der Waals surface area (Å²) in [5.74, 6) is 0. The Labute approximate surface area is 108 Å². The monoisotopic (exact) mass is 248 g/mol. The molecule has 1 aliphatic rings. The van der Waals surface area contributed by atoms with Crippen LogP contribution in [0.3, 0.4) is 0 Å². The molecule has 1 aliphatic carbocycles. The highest BCUT2D eigenvalue weighted by Gasteiger charge is 2.33. The Hall–Kier alpha value is -1.42. The van der Waals surface area contributed by atoms with E-state index in [1.165, 1.54) is 19.3 Å². The van der Waals surface area contributed by atoms with Crippen molar-refractivity contribution in [3.63, 3.8) is 0 Å². The first-order valence-electron chi connectivity index (χ1n) is 6.68. The zero-order valence-corrected chi connectivity index (χ0v) is 10.8. The normalized spacial score (nSPS) is 18.5.